The molecule has 5 heteroatoms. The Morgan fingerprint density at radius 2 is 1.77 bits per heavy atom. The van der Waals surface area contributed by atoms with Crippen LogP contribution in [-0.2, 0) is 7.05 Å². The van der Waals surface area contributed by atoms with E-state index in [0.717, 1.165) is 38.8 Å². The van der Waals surface area contributed by atoms with Crippen molar-refractivity contribution in [1.29, 1.82) is 0 Å². The van der Waals surface area contributed by atoms with Gasteiger partial charge in [0.05, 0.1) is 5.25 Å². The lowest BCUT2D eigenvalue weighted by molar-refractivity contribution is 0.0993. The van der Waals surface area contributed by atoms with Gasteiger partial charge in [-0.25, -0.2) is 0 Å². The van der Waals surface area contributed by atoms with Crippen molar-refractivity contribution in [3.05, 3.63) is 64.7 Å². The monoisotopic (exact) mass is 365 g/mol. The molecule has 0 radical (unpaired) electrons. The minimum atomic E-state index is -0.233. The molecule has 1 unspecified atom stereocenters. The smallest absolute Gasteiger partial charge is 0.191 e. The van der Waals surface area contributed by atoms with Crippen molar-refractivity contribution in [3.63, 3.8) is 0 Å². The Labute approximate surface area is 158 Å². The van der Waals surface area contributed by atoms with Crippen LogP contribution in [0, 0.1) is 20.8 Å². The number of nitrogens with zero attached hydrogens (tertiary/aromatic N) is 3. The lowest BCUT2D eigenvalue weighted by Gasteiger charge is -2.12. The van der Waals surface area contributed by atoms with Gasteiger partial charge in [-0.1, -0.05) is 53.7 Å². The number of hydrogen-bond donors (Lipinski definition) is 0. The van der Waals surface area contributed by atoms with Crippen molar-refractivity contribution in [2.75, 3.05) is 0 Å². The molecule has 0 saturated heterocycles. The van der Waals surface area contributed by atoms with E-state index in [1.807, 2.05) is 68.8 Å². The second-order valence-corrected chi connectivity index (χ2v) is 7.93. The number of aromatic nitrogens is 3. The average Bonchev–Trinajstić information content (AvgIpc) is 2.97. The molecule has 2 aromatic carbocycles. The van der Waals surface area contributed by atoms with Gasteiger partial charge < -0.3 is 4.57 Å². The molecular formula is C21H23N3OS. The zero-order chi connectivity index (χ0) is 18.8. The third-order valence-corrected chi connectivity index (χ3v) is 5.66. The van der Waals surface area contributed by atoms with Gasteiger partial charge in [-0.3, -0.25) is 4.79 Å². The largest absolute Gasteiger partial charge is 0.305 e. The summed E-state index contributed by atoms with van der Waals surface area (Å²) in [5.74, 6) is 0.939. The van der Waals surface area contributed by atoms with Crippen molar-refractivity contribution in [2.24, 2.45) is 7.05 Å². The first-order chi connectivity index (χ1) is 12.4. The van der Waals surface area contributed by atoms with Crippen LogP contribution in [0.4, 0.5) is 0 Å². The van der Waals surface area contributed by atoms with E-state index >= 15 is 0 Å². The molecule has 0 bridgehead atoms. The summed E-state index contributed by atoms with van der Waals surface area (Å²) in [5.41, 5.74) is 5.09. The quantitative estimate of drug-likeness (QED) is 0.483. The summed E-state index contributed by atoms with van der Waals surface area (Å²) < 4.78 is 1.96. The maximum absolute atomic E-state index is 12.9. The van der Waals surface area contributed by atoms with E-state index in [0.29, 0.717) is 0 Å². The van der Waals surface area contributed by atoms with Gasteiger partial charge in [-0.05, 0) is 44.9 Å². The summed E-state index contributed by atoms with van der Waals surface area (Å²) in [6, 6.07) is 14.1. The summed E-state index contributed by atoms with van der Waals surface area (Å²) in [6.07, 6.45) is 0. The number of rotatable bonds is 5. The highest BCUT2D eigenvalue weighted by Gasteiger charge is 2.22. The van der Waals surface area contributed by atoms with Crippen LogP contribution in [0.15, 0.2) is 47.6 Å². The minimum Gasteiger partial charge on any atom is -0.305 e. The molecule has 3 aromatic rings. The van der Waals surface area contributed by atoms with Crippen LogP contribution < -0.4 is 0 Å². The number of thioether (sulfide) groups is 1. The second-order valence-electron chi connectivity index (χ2n) is 6.62. The van der Waals surface area contributed by atoms with Crippen molar-refractivity contribution in [1.82, 2.24) is 14.8 Å². The standard InChI is InChI=1S/C21H23N3OS/c1-13-10-11-15(3)18(12-13)19(25)16(4)26-21-23-22-20(24(21)5)17-9-7-6-8-14(17)2/h6-12,16H,1-5H3. The number of benzene rings is 2. The highest BCUT2D eigenvalue weighted by Crippen LogP contribution is 2.29. The van der Waals surface area contributed by atoms with E-state index in [1.54, 1.807) is 0 Å². The molecule has 0 N–H and O–H groups in total. The number of ketones is 1. The summed E-state index contributed by atoms with van der Waals surface area (Å²) in [4.78, 5) is 12.9. The van der Waals surface area contributed by atoms with Crippen molar-refractivity contribution in [3.8, 4) is 11.4 Å². The van der Waals surface area contributed by atoms with Crippen LogP contribution in [0.3, 0.4) is 0 Å². The van der Waals surface area contributed by atoms with Gasteiger partial charge in [0.15, 0.2) is 16.8 Å². The Kier molecular flexibility index (Phi) is 5.28. The molecule has 0 amide bonds. The topological polar surface area (TPSA) is 47.8 Å². The van der Waals surface area contributed by atoms with Gasteiger partial charge in [-0.2, -0.15) is 0 Å². The number of Topliss-reactive ketones (excluding diaryl/α,β-unsaturated/α-hetero) is 1. The number of carbonyl (C=O) groups is 1. The highest BCUT2D eigenvalue weighted by atomic mass is 32.2. The number of carbonyl (C=O) groups excluding carboxylic acids is 1. The van der Waals surface area contributed by atoms with E-state index in [9.17, 15) is 4.79 Å². The third kappa shape index (κ3) is 3.58. The summed E-state index contributed by atoms with van der Waals surface area (Å²) in [5, 5.41) is 9.17. The van der Waals surface area contributed by atoms with Gasteiger partial charge in [0.25, 0.3) is 0 Å². The van der Waals surface area contributed by atoms with Gasteiger partial charge in [0.1, 0.15) is 0 Å². The maximum atomic E-state index is 12.9. The Morgan fingerprint density at radius 1 is 1.04 bits per heavy atom. The van der Waals surface area contributed by atoms with Gasteiger partial charge >= 0.3 is 0 Å². The fraction of sp³-hybridized carbons (Fsp3) is 0.286. The van der Waals surface area contributed by atoms with Crippen LogP contribution in [0.1, 0.15) is 34.0 Å². The normalized spacial score (nSPS) is 12.2. The molecule has 0 saturated carbocycles. The molecule has 0 spiro atoms. The van der Waals surface area contributed by atoms with E-state index in [2.05, 4.69) is 23.2 Å². The van der Waals surface area contributed by atoms with E-state index in [1.165, 1.54) is 11.8 Å². The molecule has 4 nitrogen and oxygen atoms in total. The molecular weight excluding hydrogens is 342 g/mol. The molecule has 0 aliphatic rings. The zero-order valence-electron chi connectivity index (χ0n) is 15.8. The SMILES string of the molecule is Cc1ccc(C)c(C(=O)C(C)Sc2nnc(-c3ccccc3C)n2C)c1. The Balaban J connectivity index is 1.84. The molecule has 0 fully saturated rings. The Hall–Kier alpha value is -2.40. The highest BCUT2D eigenvalue weighted by molar-refractivity contribution is 8.00. The zero-order valence-corrected chi connectivity index (χ0v) is 16.6. The molecule has 1 atom stereocenters. The predicted octanol–water partition coefficient (Wildman–Crippen LogP) is 4.77. The van der Waals surface area contributed by atoms with Crippen LogP contribution >= 0.6 is 11.8 Å². The lowest BCUT2D eigenvalue weighted by atomic mass is 10.0. The number of aryl methyl sites for hydroxylation is 3. The first-order valence-corrected chi connectivity index (χ1v) is 9.50. The molecule has 0 aliphatic heterocycles. The lowest BCUT2D eigenvalue weighted by Crippen LogP contribution is -2.16. The molecule has 0 aliphatic carbocycles. The Morgan fingerprint density at radius 3 is 2.50 bits per heavy atom. The first-order valence-electron chi connectivity index (χ1n) is 8.62. The van der Waals surface area contributed by atoms with Gasteiger partial charge in [-0.15, -0.1) is 10.2 Å². The first kappa shape index (κ1) is 18.4. The third-order valence-electron chi connectivity index (χ3n) is 4.53. The summed E-state index contributed by atoms with van der Waals surface area (Å²) in [6.45, 7) is 7.97. The Bertz CT molecular complexity index is 962. The minimum absolute atomic E-state index is 0.122. The fourth-order valence-electron chi connectivity index (χ4n) is 2.91. The fourth-order valence-corrected chi connectivity index (χ4v) is 3.79. The van der Waals surface area contributed by atoms with Gasteiger partial charge in [0.2, 0.25) is 0 Å². The molecule has 134 valence electrons. The predicted molar refractivity (Wildman–Crippen MR) is 107 cm³/mol. The van der Waals surface area contributed by atoms with Crippen LogP contribution in [-0.4, -0.2) is 25.8 Å². The maximum Gasteiger partial charge on any atom is 0.191 e. The molecule has 1 aromatic heterocycles. The van der Waals surface area contributed by atoms with Crippen molar-refractivity contribution < 1.29 is 4.79 Å². The van der Waals surface area contributed by atoms with Crippen molar-refractivity contribution in [2.45, 2.75) is 38.1 Å². The van der Waals surface area contributed by atoms with Gasteiger partial charge in [0, 0.05) is 18.2 Å². The molecule has 3 rings (SSSR count). The van der Waals surface area contributed by atoms with E-state index in [-0.39, 0.29) is 11.0 Å². The van der Waals surface area contributed by atoms with Crippen LogP contribution in [0.5, 0.6) is 0 Å². The van der Waals surface area contributed by atoms with Crippen molar-refractivity contribution >= 4 is 17.5 Å². The second kappa shape index (κ2) is 7.46. The summed E-state index contributed by atoms with van der Waals surface area (Å²) >= 11 is 1.45. The molecule has 26 heavy (non-hydrogen) atoms. The van der Waals surface area contributed by atoms with E-state index in [4.69, 9.17) is 0 Å². The summed E-state index contributed by atoms with van der Waals surface area (Å²) in [7, 11) is 1.94. The average molecular weight is 366 g/mol. The van der Waals surface area contributed by atoms with Crippen LogP contribution in [0.2, 0.25) is 0 Å². The van der Waals surface area contributed by atoms with Crippen LogP contribution in [0.25, 0.3) is 11.4 Å². The number of hydrogen-bond acceptors (Lipinski definition) is 4. The molecule has 1 heterocycles. The van der Waals surface area contributed by atoms with E-state index < -0.39 is 0 Å².